The average molecular weight is 493 g/mol. The fourth-order valence-corrected chi connectivity index (χ4v) is 5.74. The molecule has 0 radical (unpaired) electrons. The number of Topliss-reactive ketones (excluding diaryl/α,β-unsaturated/α-hetero) is 1. The Morgan fingerprint density at radius 3 is 2.12 bits per heavy atom. The maximum absolute atomic E-state index is 13.1. The van der Waals surface area contributed by atoms with Crippen LogP contribution in [-0.4, -0.2) is 23.9 Å². The summed E-state index contributed by atoms with van der Waals surface area (Å²) in [5.41, 5.74) is -2.37. The van der Waals surface area contributed by atoms with Crippen LogP contribution in [0.5, 0.6) is 0 Å². The molecule has 1 heterocycles. The third-order valence-corrected chi connectivity index (χ3v) is 8.82. The second-order valence-electron chi connectivity index (χ2n) is 8.72. The topological polar surface area (TPSA) is 64.1 Å². The van der Waals surface area contributed by atoms with Crippen molar-refractivity contribution >= 4 is 15.6 Å². The van der Waals surface area contributed by atoms with Gasteiger partial charge in [0.1, 0.15) is 5.69 Å². The molecule has 0 saturated heterocycles. The predicted molar refractivity (Wildman–Crippen MR) is 107 cm³/mol. The van der Waals surface area contributed by atoms with E-state index in [1.165, 1.54) is 13.8 Å². The first-order chi connectivity index (χ1) is 15.0. The van der Waals surface area contributed by atoms with E-state index >= 15 is 0 Å². The minimum atomic E-state index is -4.69. The molecule has 4 nitrogen and oxygen atoms in total. The van der Waals surface area contributed by atoms with Gasteiger partial charge in [0.05, 0.1) is 20.8 Å². The normalized spacial score (nSPS) is 19.8. The van der Waals surface area contributed by atoms with Gasteiger partial charge in [0.2, 0.25) is 0 Å². The first-order valence-corrected chi connectivity index (χ1v) is 11.5. The molecular formula is C22H21F6NO3S. The summed E-state index contributed by atoms with van der Waals surface area (Å²) in [4.78, 5) is 15.6. The van der Waals surface area contributed by atoms with Gasteiger partial charge in [0, 0.05) is 12.6 Å². The Kier molecular flexibility index (Phi) is 6.42. The van der Waals surface area contributed by atoms with Gasteiger partial charge < -0.3 is 0 Å². The van der Waals surface area contributed by atoms with E-state index in [0.717, 1.165) is 30.5 Å². The minimum absolute atomic E-state index is 0.0928. The van der Waals surface area contributed by atoms with Crippen LogP contribution in [0.15, 0.2) is 47.5 Å². The van der Waals surface area contributed by atoms with Crippen LogP contribution in [0.4, 0.5) is 26.3 Å². The summed E-state index contributed by atoms with van der Waals surface area (Å²) in [6.45, 7) is 2.86. The lowest BCUT2D eigenvalue weighted by molar-refractivity contribution is -0.138. The highest BCUT2D eigenvalue weighted by atomic mass is 32.2. The molecule has 0 aliphatic heterocycles. The summed E-state index contributed by atoms with van der Waals surface area (Å²) in [6, 6.07) is 4.99. The van der Waals surface area contributed by atoms with E-state index in [1.807, 2.05) is 0 Å². The Morgan fingerprint density at radius 1 is 0.970 bits per heavy atom. The van der Waals surface area contributed by atoms with Gasteiger partial charge in [-0.2, -0.15) is 26.3 Å². The Morgan fingerprint density at radius 2 is 1.55 bits per heavy atom. The predicted octanol–water partition coefficient (Wildman–Crippen LogP) is 5.97. The van der Waals surface area contributed by atoms with Crippen LogP contribution < -0.4 is 0 Å². The van der Waals surface area contributed by atoms with Gasteiger partial charge in [-0.05, 0) is 68.9 Å². The van der Waals surface area contributed by atoms with Gasteiger partial charge in [-0.1, -0.05) is 6.07 Å². The number of carbonyl (C=O) groups excluding carboxylic acids is 1. The lowest BCUT2D eigenvalue weighted by atomic mass is 9.67. The molecule has 1 aromatic carbocycles. The maximum atomic E-state index is 13.1. The zero-order valence-corrected chi connectivity index (χ0v) is 18.5. The van der Waals surface area contributed by atoms with Crippen molar-refractivity contribution in [1.82, 2.24) is 4.98 Å². The smallest absolute Gasteiger partial charge is 0.292 e. The monoisotopic (exact) mass is 493 g/mol. The van der Waals surface area contributed by atoms with E-state index in [9.17, 15) is 39.6 Å². The standard InChI is InChI=1S/C22H21F6NO3S/c1-20(2,33(31,32)17-5-3-4-14(11-17)21(23,24)25)16-8-13(9-16)10-19(30)18-12-15(6-7-29-18)22(26,27)28/h3-7,11-13,16H,8-10H2,1-2H3. The summed E-state index contributed by atoms with van der Waals surface area (Å²) >= 11 is 0. The molecule has 0 N–H and O–H groups in total. The highest BCUT2D eigenvalue weighted by Gasteiger charge is 2.49. The fraction of sp³-hybridized carbons (Fsp3) is 0.455. The van der Waals surface area contributed by atoms with Crippen LogP contribution in [0, 0.1) is 11.8 Å². The molecule has 1 aliphatic rings. The Labute approximate surface area is 186 Å². The quantitative estimate of drug-likeness (QED) is 0.367. The van der Waals surface area contributed by atoms with Crippen molar-refractivity contribution in [1.29, 1.82) is 0 Å². The number of nitrogens with zero attached hydrogens (tertiary/aromatic N) is 1. The summed E-state index contributed by atoms with van der Waals surface area (Å²) in [7, 11) is -4.13. The SMILES string of the molecule is CC(C)(C1CC(CC(=O)c2cc(C(F)(F)F)ccn2)C1)S(=O)(=O)c1cccc(C(F)(F)F)c1. The molecular weight excluding hydrogens is 472 g/mol. The number of ketones is 1. The lowest BCUT2D eigenvalue weighted by Crippen LogP contribution is -2.46. The molecule has 0 spiro atoms. The molecule has 0 amide bonds. The molecule has 180 valence electrons. The van der Waals surface area contributed by atoms with Gasteiger partial charge in [0.15, 0.2) is 15.6 Å². The number of aromatic nitrogens is 1. The molecule has 2 aromatic rings. The number of benzene rings is 1. The van der Waals surface area contributed by atoms with E-state index in [2.05, 4.69) is 4.98 Å². The Bertz CT molecular complexity index is 1150. The largest absolute Gasteiger partial charge is 0.416 e. The number of hydrogen-bond acceptors (Lipinski definition) is 4. The van der Waals surface area contributed by atoms with Crippen LogP contribution in [0.1, 0.15) is 54.7 Å². The molecule has 0 bridgehead atoms. The summed E-state index contributed by atoms with van der Waals surface area (Å²) in [5.74, 6) is -1.26. The summed E-state index contributed by atoms with van der Waals surface area (Å²) in [6.07, 6.45) is -7.88. The van der Waals surface area contributed by atoms with Crippen LogP contribution in [0.3, 0.4) is 0 Å². The molecule has 0 unspecified atom stereocenters. The third kappa shape index (κ3) is 5.07. The van der Waals surface area contributed by atoms with E-state index in [1.54, 1.807) is 0 Å². The number of pyridine rings is 1. The van der Waals surface area contributed by atoms with Crippen molar-refractivity contribution in [3.8, 4) is 0 Å². The molecule has 33 heavy (non-hydrogen) atoms. The van der Waals surface area contributed by atoms with Crippen LogP contribution >= 0.6 is 0 Å². The van der Waals surface area contributed by atoms with Crippen molar-refractivity contribution in [3.63, 3.8) is 0 Å². The van der Waals surface area contributed by atoms with Crippen molar-refractivity contribution in [2.75, 3.05) is 0 Å². The summed E-state index contributed by atoms with van der Waals surface area (Å²) < 4.78 is 102. The number of sulfone groups is 1. The molecule has 3 rings (SSSR count). The number of carbonyl (C=O) groups is 1. The molecule has 1 aromatic heterocycles. The molecule has 1 fully saturated rings. The number of alkyl halides is 6. The molecule has 1 saturated carbocycles. The van der Waals surface area contributed by atoms with Crippen molar-refractivity contribution < 1.29 is 39.6 Å². The maximum Gasteiger partial charge on any atom is 0.416 e. The number of rotatable bonds is 6. The van der Waals surface area contributed by atoms with E-state index < -0.39 is 54.7 Å². The highest BCUT2D eigenvalue weighted by Crippen LogP contribution is 2.48. The lowest BCUT2D eigenvalue weighted by Gasteiger charge is -2.44. The van der Waals surface area contributed by atoms with Gasteiger partial charge >= 0.3 is 12.4 Å². The van der Waals surface area contributed by atoms with Gasteiger partial charge in [-0.15, -0.1) is 0 Å². The molecule has 11 heteroatoms. The van der Waals surface area contributed by atoms with Crippen LogP contribution in [0.2, 0.25) is 0 Å². The second-order valence-corrected chi connectivity index (χ2v) is 11.3. The second kappa shape index (κ2) is 8.41. The van der Waals surface area contributed by atoms with Crippen LogP contribution in [0.25, 0.3) is 0 Å². The van der Waals surface area contributed by atoms with Crippen LogP contribution in [-0.2, 0) is 22.2 Å². The third-order valence-electron chi connectivity index (χ3n) is 6.23. The van der Waals surface area contributed by atoms with E-state index in [-0.39, 0.29) is 18.0 Å². The van der Waals surface area contributed by atoms with E-state index in [0.29, 0.717) is 25.0 Å². The van der Waals surface area contributed by atoms with Crippen molar-refractivity contribution in [2.45, 2.75) is 55.1 Å². The zero-order chi connectivity index (χ0) is 24.8. The Balaban J connectivity index is 1.69. The minimum Gasteiger partial charge on any atom is -0.292 e. The average Bonchev–Trinajstić information content (AvgIpc) is 2.68. The number of halogens is 6. The van der Waals surface area contributed by atoms with Gasteiger partial charge in [-0.3, -0.25) is 9.78 Å². The fourth-order valence-electron chi connectivity index (χ4n) is 3.96. The highest BCUT2D eigenvalue weighted by molar-refractivity contribution is 7.92. The van der Waals surface area contributed by atoms with Gasteiger partial charge in [0.25, 0.3) is 0 Å². The molecule has 0 atom stereocenters. The Hall–Kier alpha value is -2.43. The van der Waals surface area contributed by atoms with Crippen molar-refractivity contribution in [2.24, 2.45) is 11.8 Å². The first kappa shape index (κ1) is 25.2. The van der Waals surface area contributed by atoms with Crippen molar-refractivity contribution in [3.05, 3.63) is 59.4 Å². The summed E-state index contributed by atoms with van der Waals surface area (Å²) in [5, 5.41) is 0. The van der Waals surface area contributed by atoms with Gasteiger partial charge in [-0.25, -0.2) is 8.42 Å². The van der Waals surface area contributed by atoms with E-state index in [4.69, 9.17) is 0 Å². The zero-order valence-electron chi connectivity index (χ0n) is 17.7. The molecule has 1 aliphatic carbocycles. The number of hydrogen-bond donors (Lipinski definition) is 0. The first-order valence-electron chi connectivity index (χ1n) is 10.0.